The summed E-state index contributed by atoms with van der Waals surface area (Å²) in [5, 5.41) is 8.79. The Morgan fingerprint density at radius 1 is 1.29 bits per heavy atom. The van der Waals surface area contributed by atoms with Crippen LogP contribution in [0.2, 0.25) is 0 Å². The van der Waals surface area contributed by atoms with Crippen molar-refractivity contribution in [1.82, 2.24) is 15.2 Å². The molecule has 126 valence electrons. The van der Waals surface area contributed by atoms with E-state index in [1.807, 2.05) is 13.0 Å². The van der Waals surface area contributed by atoms with E-state index in [0.29, 0.717) is 22.4 Å². The molecule has 0 radical (unpaired) electrons. The van der Waals surface area contributed by atoms with Gasteiger partial charge in [-0.15, -0.1) is 5.10 Å². The van der Waals surface area contributed by atoms with Gasteiger partial charge >= 0.3 is 5.63 Å². The monoisotopic (exact) mass is 343 g/mol. The Kier molecular flexibility index (Phi) is 4.76. The Hall–Kier alpha value is -2.08. The Morgan fingerprint density at radius 3 is 2.75 bits per heavy atom. The highest BCUT2D eigenvalue weighted by Crippen LogP contribution is 2.29. The molecule has 3 aromatic rings. The summed E-state index contributed by atoms with van der Waals surface area (Å²) in [6.07, 6.45) is 0.822. The molecule has 1 aromatic carbocycles. The van der Waals surface area contributed by atoms with Crippen molar-refractivity contribution in [2.24, 2.45) is 0 Å². The minimum atomic E-state index is -0.320. The fraction of sp³-hybridized carbons (Fsp3) is 0.389. The van der Waals surface area contributed by atoms with Gasteiger partial charge in [-0.05, 0) is 41.7 Å². The molecule has 0 aliphatic heterocycles. The van der Waals surface area contributed by atoms with E-state index in [2.05, 4.69) is 42.0 Å². The van der Waals surface area contributed by atoms with Crippen LogP contribution in [0.25, 0.3) is 11.0 Å². The summed E-state index contributed by atoms with van der Waals surface area (Å²) in [4.78, 5) is 16.3. The third-order valence-corrected chi connectivity index (χ3v) is 4.94. The molecule has 0 saturated heterocycles. The van der Waals surface area contributed by atoms with E-state index in [0.717, 1.165) is 28.8 Å². The fourth-order valence-corrected chi connectivity index (χ4v) is 3.58. The first-order valence-corrected chi connectivity index (χ1v) is 9.07. The predicted octanol–water partition coefficient (Wildman–Crippen LogP) is 4.20. The molecule has 0 fully saturated rings. The largest absolute Gasteiger partial charge is 0.423 e. The average Bonchev–Trinajstić information content (AvgIpc) is 2.99. The van der Waals surface area contributed by atoms with Crippen LogP contribution >= 0.6 is 11.8 Å². The summed E-state index contributed by atoms with van der Waals surface area (Å²) in [5.74, 6) is 1.92. The van der Waals surface area contributed by atoms with Gasteiger partial charge in [0.15, 0.2) is 0 Å². The molecule has 0 saturated carbocycles. The number of nitrogens with zero attached hydrogens (tertiary/aromatic N) is 2. The third-order valence-electron chi connectivity index (χ3n) is 4.04. The van der Waals surface area contributed by atoms with E-state index < -0.39 is 0 Å². The summed E-state index contributed by atoms with van der Waals surface area (Å²) in [6.45, 7) is 8.42. The molecule has 0 atom stereocenters. The summed E-state index contributed by atoms with van der Waals surface area (Å²) < 4.78 is 5.39. The second-order valence-electron chi connectivity index (χ2n) is 6.16. The first-order chi connectivity index (χ1) is 11.5. The number of aromatic amines is 1. The summed E-state index contributed by atoms with van der Waals surface area (Å²) >= 11 is 1.52. The molecule has 2 aromatic heterocycles. The highest BCUT2D eigenvalue weighted by atomic mass is 32.2. The van der Waals surface area contributed by atoms with E-state index in [4.69, 9.17) is 4.42 Å². The van der Waals surface area contributed by atoms with Crippen molar-refractivity contribution >= 4 is 22.7 Å². The Bertz CT molecular complexity index is 928. The van der Waals surface area contributed by atoms with Crippen molar-refractivity contribution in [3.05, 3.63) is 51.1 Å². The molecule has 2 heterocycles. The van der Waals surface area contributed by atoms with Gasteiger partial charge in [-0.25, -0.2) is 9.78 Å². The van der Waals surface area contributed by atoms with Crippen molar-refractivity contribution in [3.8, 4) is 0 Å². The standard InChI is InChI=1S/C18H21N3O2S/c1-5-16-19-18(21-20-16)24-9-12-7-17(22)23-15-6-11(4)13(10(2)3)8-14(12)15/h6-8,10H,5,9H2,1-4H3,(H,19,20,21). The van der Waals surface area contributed by atoms with Crippen LogP contribution in [0.4, 0.5) is 0 Å². The fourth-order valence-electron chi connectivity index (χ4n) is 2.78. The lowest BCUT2D eigenvalue weighted by Crippen LogP contribution is -2.02. The van der Waals surface area contributed by atoms with Crippen LogP contribution in [0.15, 0.2) is 32.6 Å². The second kappa shape index (κ2) is 6.81. The Balaban J connectivity index is 1.99. The van der Waals surface area contributed by atoms with Gasteiger partial charge < -0.3 is 4.42 Å². The van der Waals surface area contributed by atoms with Crippen LogP contribution < -0.4 is 5.63 Å². The van der Waals surface area contributed by atoms with Crippen LogP contribution in [0.1, 0.15) is 49.2 Å². The number of nitrogens with one attached hydrogen (secondary N) is 1. The maximum atomic E-state index is 11.9. The number of hydrogen-bond acceptors (Lipinski definition) is 5. The van der Waals surface area contributed by atoms with Gasteiger partial charge in [-0.1, -0.05) is 32.5 Å². The topological polar surface area (TPSA) is 71.8 Å². The molecule has 0 aliphatic rings. The van der Waals surface area contributed by atoms with Gasteiger partial charge in [0, 0.05) is 23.6 Å². The van der Waals surface area contributed by atoms with Crippen molar-refractivity contribution in [3.63, 3.8) is 0 Å². The van der Waals surface area contributed by atoms with Gasteiger partial charge in [0.05, 0.1) is 0 Å². The Labute approximate surface area is 144 Å². The molecule has 0 unspecified atom stereocenters. The van der Waals surface area contributed by atoms with E-state index in [1.54, 1.807) is 6.07 Å². The lowest BCUT2D eigenvalue weighted by atomic mass is 9.95. The summed E-state index contributed by atoms with van der Waals surface area (Å²) in [6, 6.07) is 5.67. The smallest absolute Gasteiger partial charge is 0.336 e. The molecule has 0 amide bonds. The average molecular weight is 343 g/mol. The van der Waals surface area contributed by atoms with Gasteiger partial charge in [0.1, 0.15) is 11.4 Å². The minimum Gasteiger partial charge on any atom is -0.423 e. The molecule has 1 N–H and O–H groups in total. The zero-order valence-electron chi connectivity index (χ0n) is 14.3. The molecule has 5 nitrogen and oxygen atoms in total. The highest BCUT2D eigenvalue weighted by molar-refractivity contribution is 7.98. The maximum Gasteiger partial charge on any atom is 0.336 e. The molecule has 6 heteroatoms. The van der Waals surface area contributed by atoms with Gasteiger partial charge in [-0.2, -0.15) is 0 Å². The SMILES string of the molecule is CCc1nc(SCc2cc(=O)oc3cc(C)c(C(C)C)cc23)n[nH]1. The Morgan fingerprint density at radius 2 is 2.08 bits per heavy atom. The summed E-state index contributed by atoms with van der Waals surface area (Å²) in [5.41, 5.74) is 3.69. The normalized spacial score (nSPS) is 11.5. The first kappa shape index (κ1) is 16.8. The lowest BCUT2D eigenvalue weighted by molar-refractivity contribution is 0.559. The number of benzene rings is 1. The van der Waals surface area contributed by atoms with E-state index in [-0.39, 0.29) is 5.63 Å². The van der Waals surface area contributed by atoms with Gasteiger partial charge in [0.25, 0.3) is 0 Å². The lowest BCUT2D eigenvalue weighted by Gasteiger charge is -2.12. The van der Waals surface area contributed by atoms with Crippen LogP contribution in [-0.2, 0) is 12.2 Å². The van der Waals surface area contributed by atoms with Crippen LogP contribution in [-0.4, -0.2) is 15.2 Å². The van der Waals surface area contributed by atoms with Crippen molar-refractivity contribution in [1.29, 1.82) is 0 Å². The number of fused-ring (bicyclic) bond motifs is 1. The zero-order chi connectivity index (χ0) is 17.3. The maximum absolute atomic E-state index is 11.9. The quantitative estimate of drug-likeness (QED) is 0.555. The van der Waals surface area contributed by atoms with Crippen molar-refractivity contribution in [2.45, 2.75) is 50.9 Å². The van der Waals surface area contributed by atoms with Gasteiger partial charge in [-0.3, -0.25) is 5.10 Å². The third kappa shape index (κ3) is 3.38. The number of H-pyrrole nitrogens is 1. The zero-order valence-corrected chi connectivity index (χ0v) is 15.2. The number of aromatic nitrogens is 3. The molecule has 3 rings (SSSR count). The molecule has 24 heavy (non-hydrogen) atoms. The van der Waals surface area contributed by atoms with E-state index in [1.165, 1.54) is 17.3 Å². The first-order valence-electron chi connectivity index (χ1n) is 8.09. The van der Waals surface area contributed by atoms with E-state index >= 15 is 0 Å². The number of hydrogen-bond donors (Lipinski definition) is 1. The molecule has 0 spiro atoms. The number of aryl methyl sites for hydroxylation is 2. The molecule has 0 aliphatic carbocycles. The van der Waals surface area contributed by atoms with Gasteiger partial charge in [0.2, 0.25) is 5.16 Å². The van der Waals surface area contributed by atoms with Crippen LogP contribution in [0, 0.1) is 6.92 Å². The molecule has 0 bridgehead atoms. The van der Waals surface area contributed by atoms with Crippen LogP contribution in [0.5, 0.6) is 0 Å². The van der Waals surface area contributed by atoms with E-state index in [9.17, 15) is 4.79 Å². The van der Waals surface area contributed by atoms with Crippen molar-refractivity contribution in [2.75, 3.05) is 0 Å². The van der Waals surface area contributed by atoms with Crippen LogP contribution in [0.3, 0.4) is 0 Å². The minimum absolute atomic E-state index is 0.320. The summed E-state index contributed by atoms with van der Waals surface area (Å²) in [7, 11) is 0. The second-order valence-corrected chi connectivity index (χ2v) is 7.10. The number of thioether (sulfide) groups is 1. The number of rotatable bonds is 5. The predicted molar refractivity (Wildman–Crippen MR) is 96.6 cm³/mol. The van der Waals surface area contributed by atoms with Crippen molar-refractivity contribution < 1.29 is 4.42 Å². The highest BCUT2D eigenvalue weighted by Gasteiger charge is 2.12. The molecular weight excluding hydrogens is 322 g/mol. The molecular formula is C18H21N3O2S.